The lowest BCUT2D eigenvalue weighted by Crippen LogP contribution is -2.47. The van der Waals surface area contributed by atoms with Gasteiger partial charge in [0, 0.05) is 33.6 Å². The van der Waals surface area contributed by atoms with Gasteiger partial charge in [-0.25, -0.2) is 19.5 Å². The van der Waals surface area contributed by atoms with Crippen LogP contribution in [0.4, 0.5) is 23.4 Å². The summed E-state index contributed by atoms with van der Waals surface area (Å²) in [5.41, 5.74) is 18.4. The highest BCUT2D eigenvalue weighted by molar-refractivity contribution is 7.82. The van der Waals surface area contributed by atoms with Crippen LogP contribution < -0.4 is 27.8 Å². The van der Waals surface area contributed by atoms with Crippen LogP contribution in [0.25, 0.3) is 11.2 Å². The number of nitrogen functional groups attached to an aromatic ring is 3. The predicted molar refractivity (Wildman–Crippen MR) is 285 cm³/mol. The first kappa shape index (κ1) is 63.2. The first-order valence-corrected chi connectivity index (χ1v) is 29.2. The van der Waals surface area contributed by atoms with Gasteiger partial charge in [-0.2, -0.15) is 0 Å². The van der Waals surface area contributed by atoms with Crippen molar-refractivity contribution in [2.45, 2.75) is 186 Å². The molecule has 3 aromatic rings. The van der Waals surface area contributed by atoms with Crippen LogP contribution >= 0.6 is 39.7 Å². The highest BCUT2D eigenvalue weighted by Crippen LogP contribution is 2.52. The Hall–Kier alpha value is -3.10. The Morgan fingerprint density at radius 2 is 1.51 bits per heavy atom. The molecule has 8 unspecified atom stereocenters. The quantitative estimate of drug-likeness (QED) is 0.00852. The molecule has 0 aromatic carbocycles. The Bertz CT molecular complexity index is 2270. The molecule has 1 fully saturated rings. The summed E-state index contributed by atoms with van der Waals surface area (Å²) in [5, 5.41) is 28.1. The minimum Gasteiger partial charge on any atom is -0.393 e. The van der Waals surface area contributed by atoms with Crippen molar-refractivity contribution in [3.8, 4) is 0 Å². The van der Waals surface area contributed by atoms with E-state index in [4.69, 9.17) is 69.2 Å². The number of H-pyrrole nitrogens is 2. The number of aliphatic hydroxyl groups is 2. The van der Waals surface area contributed by atoms with Crippen molar-refractivity contribution in [3.05, 3.63) is 15.6 Å². The summed E-state index contributed by atoms with van der Waals surface area (Å²) in [7, 11) is -6.81. The van der Waals surface area contributed by atoms with Crippen molar-refractivity contribution < 1.29 is 56.6 Å². The SMILES string of the molecule is CC.CCCCCCCCCCCCCCCC(=O)NCCCCCC[B]P(=O)(O)OCC(OC)C(OP(=O)(OC)OCC1OC(n2cnc3c(=S)nc(N)[nH]c32)CC1O)C(O)Nc1[nH]c(N)nc(=S)c1N. The summed E-state index contributed by atoms with van der Waals surface area (Å²) in [6.45, 7) is 6.79. The molecule has 0 spiro atoms. The summed E-state index contributed by atoms with van der Waals surface area (Å²) in [6.07, 6.45) is 13.5. The zero-order valence-electron chi connectivity index (χ0n) is 42.6. The van der Waals surface area contributed by atoms with E-state index in [1.165, 1.54) is 84.1 Å². The normalized spacial score (nSPS) is 18.6. The number of methoxy groups -OCH3 is 1. The second kappa shape index (κ2) is 33.7. The number of aliphatic hydroxyl groups excluding tert-OH is 2. The van der Waals surface area contributed by atoms with Crippen LogP contribution in [0.3, 0.4) is 0 Å². The summed E-state index contributed by atoms with van der Waals surface area (Å²) in [4.78, 5) is 40.7. The number of aromatic nitrogens is 6. The smallest absolute Gasteiger partial charge is 0.393 e. The van der Waals surface area contributed by atoms with Crippen molar-refractivity contribution in [1.29, 1.82) is 0 Å². The molecule has 1 saturated heterocycles. The number of ether oxygens (including phenoxy) is 2. The van der Waals surface area contributed by atoms with Crippen molar-refractivity contribution >= 4 is 87.2 Å². The Morgan fingerprint density at radius 3 is 2.15 bits per heavy atom. The van der Waals surface area contributed by atoms with Crippen LogP contribution in [0.15, 0.2) is 6.33 Å². The van der Waals surface area contributed by atoms with Gasteiger partial charge in [0.25, 0.3) is 14.5 Å². The van der Waals surface area contributed by atoms with E-state index in [0.717, 1.165) is 46.2 Å². The van der Waals surface area contributed by atoms with Gasteiger partial charge in [0.15, 0.2) is 27.4 Å². The Labute approximate surface area is 434 Å². The monoisotopic (exact) mass is 1090 g/mol. The van der Waals surface area contributed by atoms with Gasteiger partial charge in [0.2, 0.25) is 5.91 Å². The molecule has 13 N–H and O–H groups in total. The highest BCUT2D eigenvalue weighted by Gasteiger charge is 2.43. The molecule has 0 aliphatic carbocycles. The molecular weight excluding hydrogens is 1010 g/mol. The number of nitrogens with two attached hydrogens (primary N) is 3. The second-order valence-corrected chi connectivity index (χ2v) is 21.6. The number of hydrogen-bond acceptors (Lipinski definition) is 20. The Kier molecular flexibility index (Phi) is 29.6. The minimum absolute atomic E-state index is 0.0509. The van der Waals surface area contributed by atoms with Gasteiger partial charge in [-0.3, -0.25) is 27.5 Å². The molecule has 0 bridgehead atoms. The largest absolute Gasteiger partial charge is 0.475 e. The molecule has 1 aliphatic rings. The number of phosphoric ester groups is 1. The molecule has 23 nitrogen and oxygen atoms in total. The topological polar surface area (TPSA) is 345 Å². The average Bonchev–Trinajstić information content (AvgIpc) is 3.95. The number of phosphoric acid groups is 1. The highest BCUT2D eigenvalue weighted by atomic mass is 32.1. The van der Waals surface area contributed by atoms with Crippen LogP contribution in [0, 0.1) is 9.28 Å². The fraction of sp³-hybridized carbons (Fsp3) is 0.773. The number of aromatic amines is 2. The fourth-order valence-corrected chi connectivity index (χ4v) is 10.4. The van der Waals surface area contributed by atoms with E-state index in [9.17, 15) is 29.0 Å². The first-order valence-electron chi connectivity index (χ1n) is 25.2. The number of anilines is 4. The van der Waals surface area contributed by atoms with E-state index >= 15 is 0 Å². The van der Waals surface area contributed by atoms with Gasteiger partial charge in [-0.05, 0) is 12.8 Å². The van der Waals surface area contributed by atoms with Gasteiger partial charge in [-0.15, -0.1) is 0 Å². The number of fused-ring (bicyclic) bond motifs is 1. The van der Waals surface area contributed by atoms with Crippen LogP contribution in [0.1, 0.15) is 149 Å². The van der Waals surface area contributed by atoms with Crippen LogP contribution in [0.5, 0.6) is 0 Å². The number of carbonyl (C=O) groups is 1. The molecule has 72 heavy (non-hydrogen) atoms. The van der Waals surface area contributed by atoms with Gasteiger partial charge in [-0.1, -0.05) is 148 Å². The third-order valence-electron chi connectivity index (χ3n) is 11.8. The molecule has 1 amide bonds. The molecule has 4 heterocycles. The van der Waals surface area contributed by atoms with Crippen LogP contribution in [-0.4, -0.2) is 122 Å². The number of amides is 1. The molecule has 1 radical (unpaired) electrons. The van der Waals surface area contributed by atoms with E-state index in [-0.39, 0.29) is 51.3 Å². The number of nitrogens with zero attached hydrogens (tertiary/aromatic N) is 4. The van der Waals surface area contributed by atoms with Crippen molar-refractivity contribution in [1.82, 2.24) is 34.8 Å². The van der Waals surface area contributed by atoms with Gasteiger partial charge < -0.3 is 66.9 Å². The lowest BCUT2D eigenvalue weighted by atomic mass is 9.97. The standard InChI is InChI=1S/C42H75BN11O12P2S2.C2H6/c1-4-5-6-7-8-9-10-11-12-13-14-15-18-21-31(56)47-23-20-17-16-19-22-43-67(58,59)63-26-30(61-2)35(38(57)49-36-33(44)39(69)52-41(45)50-36)66-68(60,62-3)64-25-29-28(55)24-32(65-29)54-27-48-34-37(54)51-42(46)53-40(34)70;1-2/h27-30,32,35,38,55,57H,4-26,44H2,1-3H3,(H,47,56)(H,58,59)(H3,46,51,53,70)(H4,45,49,50,52,69);1-2H3. The first-order chi connectivity index (χ1) is 34.5. The van der Waals surface area contributed by atoms with Gasteiger partial charge in [0.1, 0.15) is 47.2 Å². The maximum atomic E-state index is 14.1. The summed E-state index contributed by atoms with van der Waals surface area (Å²) in [5.74, 6) is -0.121. The molecule has 8 atom stereocenters. The lowest BCUT2D eigenvalue weighted by molar-refractivity contribution is -0.121. The van der Waals surface area contributed by atoms with Gasteiger partial charge >= 0.3 is 7.82 Å². The molecule has 0 saturated carbocycles. The zero-order valence-corrected chi connectivity index (χ0v) is 46.1. The minimum atomic E-state index is -4.70. The van der Waals surface area contributed by atoms with E-state index in [0.29, 0.717) is 30.6 Å². The number of nitrogens with one attached hydrogen (secondary N) is 4. The molecule has 28 heteroatoms. The number of rotatable bonds is 37. The van der Waals surface area contributed by atoms with Gasteiger partial charge in [0.05, 0.1) is 25.6 Å². The molecule has 409 valence electrons. The van der Waals surface area contributed by atoms with Crippen molar-refractivity contribution in [2.24, 2.45) is 0 Å². The molecule has 1 aliphatic heterocycles. The fourth-order valence-electron chi connectivity index (χ4n) is 7.85. The van der Waals surface area contributed by atoms with E-state index in [1.54, 1.807) is 4.57 Å². The van der Waals surface area contributed by atoms with Crippen molar-refractivity contribution in [2.75, 3.05) is 56.5 Å². The number of unbranched alkanes of at least 4 members (excludes halogenated alkanes) is 15. The average molecular weight is 1090 g/mol. The third-order valence-corrected chi connectivity index (χ3v) is 15.1. The molecule has 3 aromatic heterocycles. The maximum Gasteiger partial charge on any atom is 0.475 e. The lowest BCUT2D eigenvalue weighted by Gasteiger charge is -2.33. The van der Waals surface area contributed by atoms with Crippen molar-refractivity contribution in [3.63, 3.8) is 0 Å². The van der Waals surface area contributed by atoms with Crippen LogP contribution in [0.2, 0.25) is 6.32 Å². The Morgan fingerprint density at radius 1 is 0.917 bits per heavy atom. The summed E-state index contributed by atoms with van der Waals surface area (Å²) >= 11 is 10.4. The summed E-state index contributed by atoms with van der Waals surface area (Å²) in [6, 6.07) is 0. The Balaban J connectivity index is 0.00000676. The third kappa shape index (κ3) is 22.0. The van der Waals surface area contributed by atoms with E-state index < -0.39 is 65.4 Å². The number of imidazole rings is 1. The zero-order chi connectivity index (χ0) is 53.1. The van der Waals surface area contributed by atoms with Crippen LogP contribution in [-0.2, 0) is 41.5 Å². The molecule has 4 rings (SSSR count). The second-order valence-electron chi connectivity index (χ2n) is 17.4. The summed E-state index contributed by atoms with van der Waals surface area (Å²) < 4.78 is 62.5. The predicted octanol–water partition coefficient (Wildman–Crippen LogP) is 8.36. The number of carbonyl (C=O) groups excluding carboxylic acids is 1. The van der Waals surface area contributed by atoms with E-state index in [2.05, 4.69) is 42.5 Å². The molecular formula is C44H81BN11O12P2S2. The number of hydrogen-bond donors (Lipinski definition) is 10. The van der Waals surface area contributed by atoms with E-state index in [1.807, 2.05) is 13.8 Å². The maximum absolute atomic E-state index is 14.1.